The number of nitrogens with two attached hydrogens (primary N) is 1. The summed E-state index contributed by atoms with van der Waals surface area (Å²) in [4.78, 5) is 0. The molecule has 0 aliphatic heterocycles. The lowest BCUT2D eigenvalue weighted by Crippen LogP contribution is -2.43. The maximum Gasteiger partial charge on any atom is 0.0257 e. The van der Waals surface area contributed by atoms with E-state index in [0.717, 1.165) is 5.70 Å². The smallest absolute Gasteiger partial charge is 0.0257 e. The fraction of sp³-hybridized carbons (Fsp3) is 0.778. The maximum absolute atomic E-state index is 5.35. The van der Waals surface area contributed by atoms with Crippen molar-refractivity contribution < 1.29 is 0 Å². The van der Waals surface area contributed by atoms with Crippen LogP contribution in [0.5, 0.6) is 0 Å². The van der Waals surface area contributed by atoms with Gasteiger partial charge >= 0.3 is 0 Å². The molecule has 0 radical (unpaired) electrons. The van der Waals surface area contributed by atoms with Gasteiger partial charge in [0.25, 0.3) is 0 Å². The minimum Gasteiger partial charge on any atom is -0.328 e. The summed E-state index contributed by atoms with van der Waals surface area (Å²) in [7, 11) is 0. The summed E-state index contributed by atoms with van der Waals surface area (Å²) in [6.45, 7) is 12.6. The van der Waals surface area contributed by atoms with E-state index in [4.69, 9.17) is 5.84 Å². The van der Waals surface area contributed by atoms with Crippen LogP contribution in [0.25, 0.3) is 0 Å². The van der Waals surface area contributed by atoms with E-state index in [0.29, 0.717) is 0 Å². The predicted molar refractivity (Wildman–Crippen MR) is 57.8 cm³/mol. The number of hydrogen-bond donors (Lipinski definition) is 2. The Labute approximate surface area is 80.0 Å². The van der Waals surface area contributed by atoms with Gasteiger partial charge in [0.1, 0.15) is 0 Å². The highest BCUT2D eigenvalue weighted by Crippen LogP contribution is 2.43. The number of hydrogen-bond acceptors (Lipinski definition) is 3. The molecule has 0 saturated heterocycles. The molecule has 0 spiro atoms. The van der Waals surface area contributed by atoms with Crippen LogP contribution >= 0.6 is 11.8 Å². The summed E-state index contributed by atoms with van der Waals surface area (Å²) in [6, 6.07) is 0. The molecule has 12 heavy (non-hydrogen) atoms. The van der Waals surface area contributed by atoms with Crippen molar-refractivity contribution >= 4 is 11.8 Å². The molecule has 0 bridgehead atoms. The van der Waals surface area contributed by atoms with Gasteiger partial charge in [0.2, 0.25) is 0 Å². The Balaban J connectivity index is 4.71. The lowest BCUT2D eigenvalue weighted by molar-refractivity contribution is 0.329. The van der Waals surface area contributed by atoms with Gasteiger partial charge in [-0.25, -0.2) is 0 Å². The van der Waals surface area contributed by atoms with Crippen LogP contribution in [0.2, 0.25) is 0 Å². The Morgan fingerprint density at radius 2 is 1.75 bits per heavy atom. The van der Waals surface area contributed by atoms with Crippen molar-refractivity contribution in [1.29, 1.82) is 0 Å². The number of hydrazine groups is 1. The van der Waals surface area contributed by atoms with Gasteiger partial charge in [0.05, 0.1) is 0 Å². The molecule has 0 aliphatic carbocycles. The Morgan fingerprint density at radius 3 is 2.00 bits per heavy atom. The highest BCUT2D eigenvalue weighted by Gasteiger charge is 2.38. The summed E-state index contributed by atoms with van der Waals surface area (Å²) in [5.74, 6) is 5.35. The fourth-order valence-corrected chi connectivity index (χ4v) is 1.43. The van der Waals surface area contributed by atoms with Gasteiger partial charge in [-0.05, 0) is 20.1 Å². The summed E-state index contributed by atoms with van der Waals surface area (Å²) in [5.41, 5.74) is 3.50. The van der Waals surface area contributed by atoms with Gasteiger partial charge in [0, 0.05) is 15.9 Å². The van der Waals surface area contributed by atoms with Crippen LogP contribution in [0, 0.1) is 5.41 Å². The van der Waals surface area contributed by atoms with Crippen molar-refractivity contribution in [1.82, 2.24) is 5.43 Å². The molecule has 0 unspecified atom stereocenters. The molecule has 0 atom stereocenters. The van der Waals surface area contributed by atoms with Crippen LogP contribution in [-0.2, 0) is 0 Å². The maximum atomic E-state index is 5.35. The second-order valence-corrected chi connectivity index (χ2v) is 5.39. The van der Waals surface area contributed by atoms with Crippen molar-refractivity contribution in [3.63, 3.8) is 0 Å². The Bertz CT molecular complexity index is 173. The summed E-state index contributed by atoms with van der Waals surface area (Å²) in [5, 5.41) is 0. The SMILES string of the molecule is C=C(NN)C(C)(C)C(C)(C)SC. The second-order valence-electron chi connectivity index (χ2n) is 3.96. The number of nitrogens with one attached hydrogen (secondary N) is 1. The van der Waals surface area contributed by atoms with Crippen LogP contribution in [-0.4, -0.2) is 11.0 Å². The van der Waals surface area contributed by atoms with Gasteiger partial charge in [-0.1, -0.05) is 20.4 Å². The lowest BCUT2D eigenvalue weighted by atomic mass is 9.78. The molecule has 0 rings (SSSR count). The molecule has 3 heteroatoms. The summed E-state index contributed by atoms with van der Waals surface area (Å²) >= 11 is 1.82. The quantitative estimate of drug-likeness (QED) is 0.524. The molecule has 0 aromatic heterocycles. The highest BCUT2D eigenvalue weighted by molar-refractivity contribution is 8.00. The van der Waals surface area contributed by atoms with Crippen LogP contribution < -0.4 is 11.3 Å². The first-order valence-electron chi connectivity index (χ1n) is 4.00. The summed E-state index contributed by atoms with van der Waals surface area (Å²) < 4.78 is 0.135. The van der Waals surface area contributed by atoms with Gasteiger partial charge in [-0.15, -0.1) is 0 Å². The van der Waals surface area contributed by atoms with Gasteiger partial charge in [-0.2, -0.15) is 11.8 Å². The molecule has 3 N–H and O–H groups in total. The Hall–Kier alpha value is -0.150. The molecule has 0 fully saturated rings. The molecule has 0 saturated carbocycles. The number of rotatable bonds is 4. The predicted octanol–water partition coefficient (Wildman–Crippen LogP) is 2.13. The van der Waals surface area contributed by atoms with Crippen LogP contribution in [0.15, 0.2) is 12.3 Å². The van der Waals surface area contributed by atoms with Gasteiger partial charge in [-0.3, -0.25) is 5.84 Å². The van der Waals surface area contributed by atoms with E-state index < -0.39 is 0 Å². The average Bonchev–Trinajstić information content (AvgIpc) is 2.02. The zero-order valence-corrected chi connectivity index (χ0v) is 9.51. The van der Waals surface area contributed by atoms with E-state index in [9.17, 15) is 0 Å². The highest BCUT2D eigenvalue weighted by atomic mass is 32.2. The summed E-state index contributed by atoms with van der Waals surface area (Å²) in [6.07, 6.45) is 2.10. The van der Waals surface area contributed by atoms with Crippen molar-refractivity contribution in [3.8, 4) is 0 Å². The molecule has 72 valence electrons. The van der Waals surface area contributed by atoms with Crippen LogP contribution in [0.4, 0.5) is 0 Å². The largest absolute Gasteiger partial charge is 0.328 e. The Morgan fingerprint density at radius 1 is 1.33 bits per heavy atom. The van der Waals surface area contributed by atoms with E-state index in [1.807, 2.05) is 11.8 Å². The first-order chi connectivity index (χ1) is 5.29. The molecule has 2 nitrogen and oxygen atoms in total. The van der Waals surface area contributed by atoms with Gasteiger partial charge in [0.15, 0.2) is 0 Å². The van der Waals surface area contributed by atoms with E-state index in [1.54, 1.807) is 0 Å². The zero-order valence-electron chi connectivity index (χ0n) is 8.69. The van der Waals surface area contributed by atoms with Crippen LogP contribution in [0.1, 0.15) is 27.7 Å². The molecular formula is C9H20N2S. The number of thioether (sulfide) groups is 1. The molecule has 0 aliphatic rings. The molecule has 0 aromatic carbocycles. The third-order valence-electron chi connectivity index (χ3n) is 2.94. The topological polar surface area (TPSA) is 38.0 Å². The molecule has 0 aromatic rings. The minimum absolute atomic E-state index is 0.0127. The Kier molecular flexibility index (Phi) is 3.66. The second kappa shape index (κ2) is 3.71. The third kappa shape index (κ3) is 1.96. The zero-order chi connectivity index (χ0) is 9.99. The van der Waals surface area contributed by atoms with E-state index in [-0.39, 0.29) is 10.2 Å². The standard InChI is InChI=1S/C9H20N2S/c1-7(11-10)8(2,3)9(4,5)12-6/h11H,1,10H2,2-6H3. The van der Waals surface area contributed by atoms with Crippen LogP contribution in [0.3, 0.4) is 0 Å². The first-order valence-corrected chi connectivity index (χ1v) is 5.23. The van der Waals surface area contributed by atoms with E-state index in [1.165, 1.54) is 0 Å². The minimum atomic E-state index is -0.0127. The van der Waals surface area contributed by atoms with E-state index in [2.05, 4.69) is 46.0 Å². The fourth-order valence-electron chi connectivity index (χ4n) is 0.799. The van der Waals surface area contributed by atoms with Gasteiger partial charge < -0.3 is 5.43 Å². The lowest BCUT2D eigenvalue weighted by Gasteiger charge is -2.41. The normalized spacial score (nSPS) is 12.8. The van der Waals surface area contributed by atoms with Crippen molar-refractivity contribution in [2.24, 2.45) is 11.3 Å². The average molecular weight is 188 g/mol. The monoisotopic (exact) mass is 188 g/mol. The molecular weight excluding hydrogens is 168 g/mol. The third-order valence-corrected chi connectivity index (χ3v) is 4.48. The molecule has 0 amide bonds. The van der Waals surface area contributed by atoms with E-state index >= 15 is 0 Å². The van der Waals surface area contributed by atoms with Crippen molar-refractivity contribution in [2.45, 2.75) is 32.4 Å². The molecule has 0 heterocycles. The number of allylic oxidation sites excluding steroid dienone is 1. The first kappa shape index (κ1) is 11.8. The van der Waals surface area contributed by atoms with Crippen molar-refractivity contribution in [2.75, 3.05) is 6.26 Å². The van der Waals surface area contributed by atoms with Crippen molar-refractivity contribution in [3.05, 3.63) is 12.3 Å².